The molecule has 0 bridgehead atoms. The van der Waals surface area contributed by atoms with Gasteiger partial charge in [-0.2, -0.15) is 0 Å². The van der Waals surface area contributed by atoms with Crippen molar-refractivity contribution < 1.29 is 19.1 Å². The number of rotatable bonds is 9. The summed E-state index contributed by atoms with van der Waals surface area (Å²) in [6, 6.07) is 12.7. The zero-order valence-electron chi connectivity index (χ0n) is 16.2. The Morgan fingerprint density at radius 2 is 1.81 bits per heavy atom. The molecule has 0 aromatic heterocycles. The van der Waals surface area contributed by atoms with Crippen LogP contribution in [0.25, 0.3) is 0 Å². The van der Waals surface area contributed by atoms with E-state index in [1.807, 2.05) is 39.0 Å². The molecular weight excluding hydrogens is 342 g/mol. The van der Waals surface area contributed by atoms with Gasteiger partial charge in [0.2, 0.25) is 5.91 Å². The van der Waals surface area contributed by atoms with Crippen molar-refractivity contribution in [3.8, 4) is 5.75 Å². The van der Waals surface area contributed by atoms with Crippen LogP contribution < -0.4 is 10.1 Å². The van der Waals surface area contributed by atoms with Crippen LogP contribution in [0.1, 0.15) is 47.7 Å². The van der Waals surface area contributed by atoms with Gasteiger partial charge in [-0.25, -0.2) is 4.79 Å². The summed E-state index contributed by atoms with van der Waals surface area (Å²) in [6.45, 7) is 6.86. The lowest BCUT2D eigenvalue weighted by molar-refractivity contribution is -0.116. The Labute approximate surface area is 160 Å². The van der Waals surface area contributed by atoms with Crippen LogP contribution in [-0.4, -0.2) is 25.1 Å². The van der Waals surface area contributed by atoms with Gasteiger partial charge in [-0.15, -0.1) is 0 Å². The summed E-state index contributed by atoms with van der Waals surface area (Å²) in [5, 5.41) is 2.81. The monoisotopic (exact) mass is 369 g/mol. The molecule has 0 aliphatic rings. The molecule has 1 amide bonds. The first-order chi connectivity index (χ1) is 13.0. The van der Waals surface area contributed by atoms with Crippen LogP contribution >= 0.6 is 0 Å². The number of esters is 1. The molecule has 0 atom stereocenters. The number of hydrogen-bond donors (Lipinski definition) is 1. The van der Waals surface area contributed by atoms with Crippen LogP contribution in [0, 0.1) is 13.8 Å². The van der Waals surface area contributed by atoms with Crippen molar-refractivity contribution in [3.63, 3.8) is 0 Å². The van der Waals surface area contributed by atoms with E-state index in [0.29, 0.717) is 37.3 Å². The smallest absolute Gasteiger partial charge is 0.338 e. The van der Waals surface area contributed by atoms with Crippen LogP contribution in [0.3, 0.4) is 0 Å². The predicted molar refractivity (Wildman–Crippen MR) is 106 cm³/mol. The minimum atomic E-state index is -0.380. The number of benzene rings is 2. The van der Waals surface area contributed by atoms with Crippen LogP contribution in [-0.2, 0) is 9.53 Å². The number of carbonyl (C=O) groups is 2. The van der Waals surface area contributed by atoms with Crippen LogP contribution in [0.5, 0.6) is 5.75 Å². The van der Waals surface area contributed by atoms with Gasteiger partial charge in [0, 0.05) is 12.1 Å². The number of hydrogen-bond acceptors (Lipinski definition) is 4. The quantitative estimate of drug-likeness (QED) is 0.515. The zero-order chi connectivity index (χ0) is 19.6. The molecule has 2 aromatic rings. The van der Waals surface area contributed by atoms with Crippen molar-refractivity contribution in [2.45, 2.75) is 40.0 Å². The highest BCUT2D eigenvalue weighted by Crippen LogP contribution is 2.20. The Hall–Kier alpha value is -2.82. The highest BCUT2D eigenvalue weighted by molar-refractivity contribution is 5.94. The van der Waals surface area contributed by atoms with Gasteiger partial charge in [-0.1, -0.05) is 25.1 Å². The summed E-state index contributed by atoms with van der Waals surface area (Å²) in [5.74, 6) is 0.363. The van der Waals surface area contributed by atoms with Crippen molar-refractivity contribution in [3.05, 3.63) is 59.2 Å². The zero-order valence-corrected chi connectivity index (χ0v) is 16.2. The molecule has 5 heteroatoms. The molecule has 0 saturated heterocycles. The van der Waals surface area contributed by atoms with Crippen LogP contribution in [0.15, 0.2) is 42.5 Å². The maximum atomic E-state index is 12.1. The van der Waals surface area contributed by atoms with E-state index in [0.717, 1.165) is 17.7 Å². The minimum absolute atomic E-state index is 0.112. The van der Waals surface area contributed by atoms with E-state index in [1.165, 1.54) is 5.56 Å². The standard InChI is InChI=1S/C22H27NO4/c1-4-13-27-22(25)18-9-6-10-19(15-18)23-21(24)12-7-14-26-20-11-5-8-16(2)17(20)3/h5-6,8-11,15H,4,7,12-14H2,1-3H3,(H,23,24). The number of nitrogens with one attached hydrogen (secondary N) is 1. The number of aryl methyl sites for hydroxylation is 1. The van der Waals surface area contributed by atoms with Crippen molar-refractivity contribution in [1.82, 2.24) is 0 Å². The lowest BCUT2D eigenvalue weighted by atomic mass is 10.1. The van der Waals surface area contributed by atoms with Gasteiger partial charge in [0.05, 0.1) is 18.8 Å². The van der Waals surface area contributed by atoms with Gasteiger partial charge in [0.1, 0.15) is 5.75 Å². The largest absolute Gasteiger partial charge is 0.493 e. The molecule has 0 aliphatic heterocycles. The van der Waals surface area contributed by atoms with Crippen LogP contribution in [0.4, 0.5) is 5.69 Å². The summed E-state index contributed by atoms with van der Waals surface area (Å²) in [7, 11) is 0. The first kappa shape index (κ1) is 20.5. The molecular formula is C22H27NO4. The number of anilines is 1. The molecule has 0 fully saturated rings. The van der Waals surface area contributed by atoms with Gasteiger partial charge in [-0.05, 0) is 62.1 Å². The Bertz CT molecular complexity index is 786. The Kier molecular flexibility index (Phi) is 7.86. The third-order valence-corrected chi connectivity index (χ3v) is 4.18. The lowest BCUT2D eigenvalue weighted by Crippen LogP contribution is -2.14. The van der Waals surface area contributed by atoms with E-state index in [-0.39, 0.29) is 11.9 Å². The molecule has 27 heavy (non-hydrogen) atoms. The summed E-state index contributed by atoms with van der Waals surface area (Å²) in [5.41, 5.74) is 3.32. The molecule has 0 spiro atoms. The molecule has 2 rings (SSSR count). The molecule has 2 aromatic carbocycles. The van der Waals surface area contributed by atoms with Gasteiger partial charge in [0.25, 0.3) is 0 Å². The fourth-order valence-electron chi connectivity index (χ4n) is 2.52. The highest BCUT2D eigenvalue weighted by Gasteiger charge is 2.09. The lowest BCUT2D eigenvalue weighted by Gasteiger charge is -2.11. The first-order valence-corrected chi connectivity index (χ1v) is 9.27. The van der Waals surface area contributed by atoms with Crippen molar-refractivity contribution in [2.75, 3.05) is 18.5 Å². The number of amides is 1. The molecule has 0 radical (unpaired) electrons. The second kappa shape index (κ2) is 10.4. The summed E-state index contributed by atoms with van der Waals surface area (Å²) >= 11 is 0. The Morgan fingerprint density at radius 1 is 1.04 bits per heavy atom. The maximum absolute atomic E-state index is 12.1. The fourth-order valence-corrected chi connectivity index (χ4v) is 2.52. The third kappa shape index (κ3) is 6.44. The highest BCUT2D eigenvalue weighted by atomic mass is 16.5. The topological polar surface area (TPSA) is 64.6 Å². The van der Waals surface area contributed by atoms with Gasteiger partial charge >= 0.3 is 5.97 Å². The molecule has 0 aliphatic carbocycles. The predicted octanol–water partition coefficient (Wildman–Crippen LogP) is 4.67. The maximum Gasteiger partial charge on any atom is 0.338 e. The summed E-state index contributed by atoms with van der Waals surface area (Å²) < 4.78 is 10.9. The number of carbonyl (C=O) groups excluding carboxylic acids is 2. The second-order valence-electron chi connectivity index (χ2n) is 6.41. The minimum Gasteiger partial charge on any atom is -0.493 e. The van der Waals surface area contributed by atoms with E-state index in [4.69, 9.17) is 9.47 Å². The molecule has 1 N–H and O–H groups in total. The SMILES string of the molecule is CCCOC(=O)c1cccc(NC(=O)CCCOc2cccc(C)c2C)c1. The average molecular weight is 369 g/mol. The molecule has 5 nitrogen and oxygen atoms in total. The van der Waals surface area contributed by atoms with Gasteiger partial charge in [0.15, 0.2) is 0 Å². The summed E-state index contributed by atoms with van der Waals surface area (Å²) in [4.78, 5) is 24.0. The molecule has 0 unspecified atom stereocenters. The summed E-state index contributed by atoms with van der Waals surface area (Å²) in [6.07, 6.45) is 1.72. The van der Waals surface area contributed by atoms with Crippen molar-refractivity contribution in [2.24, 2.45) is 0 Å². The van der Waals surface area contributed by atoms with E-state index >= 15 is 0 Å². The second-order valence-corrected chi connectivity index (χ2v) is 6.41. The average Bonchev–Trinajstić information content (AvgIpc) is 2.66. The van der Waals surface area contributed by atoms with E-state index in [1.54, 1.807) is 24.3 Å². The molecule has 144 valence electrons. The Morgan fingerprint density at radius 3 is 2.59 bits per heavy atom. The fraction of sp³-hybridized carbons (Fsp3) is 0.364. The first-order valence-electron chi connectivity index (χ1n) is 9.27. The normalized spacial score (nSPS) is 10.3. The van der Waals surface area contributed by atoms with E-state index < -0.39 is 0 Å². The molecule has 0 heterocycles. The van der Waals surface area contributed by atoms with Crippen LogP contribution in [0.2, 0.25) is 0 Å². The van der Waals surface area contributed by atoms with Crippen molar-refractivity contribution >= 4 is 17.6 Å². The third-order valence-electron chi connectivity index (χ3n) is 4.18. The van der Waals surface area contributed by atoms with E-state index in [2.05, 4.69) is 5.32 Å². The Balaban J connectivity index is 1.78. The molecule has 0 saturated carbocycles. The van der Waals surface area contributed by atoms with Crippen molar-refractivity contribution in [1.29, 1.82) is 0 Å². The number of ether oxygens (including phenoxy) is 2. The van der Waals surface area contributed by atoms with Gasteiger partial charge in [-0.3, -0.25) is 4.79 Å². The van der Waals surface area contributed by atoms with Gasteiger partial charge < -0.3 is 14.8 Å². The van der Waals surface area contributed by atoms with E-state index in [9.17, 15) is 9.59 Å².